The third-order valence-corrected chi connectivity index (χ3v) is 3.96. The SMILES string of the molecule is Nc1cc(Cl)ccc1NC(=O)CCN1C(=O)c2ccccc2C1=O. The third kappa shape index (κ3) is 2.96. The fraction of sp³-hybridized carbons (Fsp3) is 0.118. The smallest absolute Gasteiger partial charge is 0.261 e. The molecule has 0 saturated heterocycles. The molecule has 0 saturated carbocycles. The number of fused-ring (bicyclic) bond motifs is 1. The van der Waals surface area contributed by atoms with Gasteiger partial charge in [-0.1, -0.05) is 23.7 Å². The Morgan fingerprint density at radius 1 is 1.08 bits per heavy atom. The maximum absolute atomic E-state index is 12.2. The Morgan fingerprint density at radius 3 is 2.29 bits per heavy atom. The van der Waals surface area contributed by atoms with Crippen molar-refractivity contribution in [3.05, 3.63) is 58.6 Å². The molecule has 1 aliphatic rings. The van der Waals surface area contributed by atoms with Crippen LogP contribution in [0.1, 0.15) is 27.1 Å². The normalized spacial score (nSPS) is 13.1. The van der Waals surface area contributed by atoms with Gasteiger partial charge in [0.1, 0.15) is 0 Å². The van der Waals surface area contributed by atoms with Crippen LogP contribution in [0.4, 0.5) is 11.4 Å². The van der Waals surface area contributed by atoms with Crippen molar-refractivity contribution in [2.75, 3.05) is 17.6 Å². The minimum absolute atomic E-state index is 0.00563. The van der Waals surface area contributed by atoms with Gasteiger partial charge < -0.3 is 11.1 Å². The average Bonchev–Trinajstić information content (AvgIpc) is 2.80. The first-order valence-corrected chi connectivity index (χ1v) is 7.65. The molecular formula is C17H14ClN3O3. The standard InChI is InChI=1S/C17H14ClN3O3/c18-10-5-6-14(13(19)9-10)20-15(22)7-8-21-16(23)11-3-1-2-4-12(11)17(21)24/h1-6,9H,7-8,19H2,(H,20,22). The Bertz CT molecular complexity index is 816. The highest BCUT2D eigenvalue weighted by Crippen LogP contribution is 2.24. The molecule has 0 fully saturated rings. The first-order chi connectivity index (χ1) is 11.5. The van der Waals surface area contributed by atoms with E-state index in [2.05, 4.69) is 5.32 Å². The molecule has 2 aromatic rings. The van der Waals surface area contributed by atoms with E-state index in [9.17, 15) is 14.4 Å². The fourth-order valence-corrected chi connectivity index (χ4v) is 2.70. The number of imide groups is 1. The van der Waals surface area contributed by atoms with Gasteiger partial charge in [0.2, 0.25) is 5.91 Å². The van der Waals surface area contributed by atoms with Crippen LogP contribution in [0.15, 0.2) is 42.5 Å². The molecule has 3 amide bonds. The maximum Gasteiger partial charge on any atom is 0.261 e. The zero-order valence-corrected chi connectivity index (χ0v) is 13.3. The zero-order chi connectivity index (χ0) is 17.3. The van der Waals surface area contributed by atoms with Gasteiger partial charge in [-0.3, -0.25) is 19.3 Å². The van der Waals surface area contributed by atoms with Crippen LogP contribution in [0.2, 0.25) is 5.02 Å². The van der Waals surface area contributed by atoms with Crippen LogP contribution in [0.5, 0.6) is 0 Å². The van der Waals surface area contributed by atoms with E-state index in [0.29, 0.717) is 27.5 Å². The van der Waals surface area contributed by atoms with Crippen molar-refractivity contribution < 1.29 is 14.4 Å². The predicted octanol–water partition coefficient (Wildman–Crippen LogP) is 2.55. The van der Waals surface area contributed by atoms with Gasteiger partial charge >= 0.3 is 0 Å². The van der Waals surface area contributed by atoms with Gasteiger partial charge in [-0.25, -0.2) is 0 Å². The first-order valence-electron chi connectivity index (χ1n) is 7.27. The van der Waals surface area contributed by atoms with Gasteiger partial charge in [-0.05, 0) is 30.3 Å². The maximum atomic E-state index is 12.2. The molecule has 7 heteroatoms. The molecule has 0 aliphatic carbocycles. The van der Waals surface area contributed by atoms with Crippen molar-refractivity contribution in [2.24, 2.45) is 0 Å². The molecule has 3 N–H and O–H groups in total. The molecule has 0 radical (unpaired) electrons. The van der Waals surface area contributed by atoms with Crippen molar-refractivity contribution in [1.82, 2.24) is 4.90 Å². The van der Waals surface area contributed by atoms with Crippen molar-refractivity contribution >= 4 is 40.7 Å². The Morgan fingerprint density at radius 2 is 1.71 bits per heavy atom. The summed E-state index contributed by atoms with van der Waals surface area (Å²) in [6, 6.07) is 11.3. The van der Waals surface area contributed by atoms with Gasteiger partial charge in [0.25, 0.3) is 11.8 Å². The van der Waals surface area contributed by atoms with Gasteiger partial charge in [0, 0.05) is 18.0 Å². The Kier molecular flexibility index (Phi) is 4.22. The number of nitrogen functional groups attached to an aromatic ring is 1. The topological polar surface area (TPSA) is 92.5 Å². The van der Waals surface area contributed by atoms with E-state index in [1.807, 2.05) is 0 Å². The molecule has 24 heavy (non-hydrogen) atoms. The minimum Gasteiger partial charge on any atom is -0.397 e. The summed E-state index contributed by atoms with van der Waals surface area (Å²) in [5.74, 6) is -1.11. The lowest BCUT2D eigenvalue weighted by Crippen LogP contribution is -2.32. The molecular weight excluding hydrogens is 330 g/mol. The summed E-state index contributed by atoms with van der Waals surface area (Å²) in [5.41, 5.74) is 7.28. The highest BCUT2D eigenvalue weighted by atomic mass is 35.5. The molecule has 0 atom stereocenters. The van der Waals surface area contributed by atoms with E-state index in [1.165, 1.54) is 6.07 Å². The molecule has 6 nitrogen and oxygen atoms in total. The Balaban J connectivity index is 1.63. The van der Waals surface area contributed by atoms with Gasteiger partial charge in [0.15, 0.2) is 0 Å². The second kappa shape index (κ2) is 6.33. The summed E-state index contributed by atoms with van der Waals surface area (Å²) in [7, 11) is 0. The van der Waals surface area contributed by atoms with E-state index in [4.69, 9.17) is 17.3 Å². The van der Waals surface area contributed by atoms with Crippen molar-refractivity contribution in [2.45, 2.75) is 6.42 Å². The van der Waals surface area contributed by atoms with Crippen LogP contribution < -0.4 is 11.1 Å². The highest BCUT2D eigenvalue weighted by molar-refractivity contribution is 6.31. The molecule has 2 aromatic carbocycles. The van der Waals surface area contributed by atoms with E-state index >= 15 is 0 Å². The predicted molar refractivity (Wildman–Crippen MR) is 90.9 cm³/mol. The number of hydrogen-bond donors (Lipinski definition) is 2. The van der Waals surface area contributed by atoms with Crippen LogP contribution in [-0.2, 0) is 4.79 Å². The minimum atomic E-state index is -0.380. The number of nitrogens with one attached hydrogen (secondary N) is 1. The summed E-state index contributed by atoms with van der Waals surface area (Å²) in [6.45, 7) is 0.00563. The fourth-order valence-electron chi connectivity index (χ4n) is 2.52. The van der Waals surface area contributed by atoms with Crippen LogP contribution in [0, 0.1) is 0 Å². The zero-order valence-electron chi connectivity index (χ0n) is 12.6. The van der Waals surface area contributed by atoms with Crippen LogP contribution >= 0.6 is 11.6 Å². The third-order valence-electron chi connectivity index (χ3n) is 3.73. The lowest BCUT2D eigenvalue weighted by Gasteiger charge is -2.14. The number of nitrogens with zero attached hydrogens (tertiary/aromatic N) is 1. The van der Waals surface area contributed by atoms with Crippen molar-refractivity contribution in [1.29, 1.82) is 0 Å². The average molecular weight is 344 g/mol. The number of carbonyl (C=O) groups is 3. The van der Waals surface area contributed by atoms with Gasteiger partial charge in [-0.2, -0.15) is 0 Å². The van der Waals surface area contributed by atoms with Crippen LogP contribution in [-0.4, -0.2) is 29.2 Å². The van der Waals surface area contributed by atoms with Crippen molar-refractivity contribution in [3.63, 3.8) is 0 Å². The lowest BCUT2D eigenvalue weighted by atomic mass is 10.1. The molecule has 0 unspecified atom stereocenters. The molecule has 3 rings (SSSR count). The number of hydrogen-bond acceptors (Lipinski definition) is 4. The highest BCUT2D eigenvalue weighted by Gasteiger charge is 2.34. The largest absolute Gasteiger partial charge is 0.397 e. The van der Waals surface area contributed by atoms with Crippen LogP contribution in [0.3, 0.4) is 0 Å². The number of carbonyl (C=O) groups excluding carboxylic acids is 3. The second-order valence-corrected chi connectivity index (χ2v) is 5.77. The first kappa shape index (κ1) is 16.0. The quantitative estimate of drug-likeness (QED) is 0.659. The van der Waals surface area contributed by atoms with Gasteiger partial charge in [0.05, 0.1) is 22.5 Å². The molecule has 0 aromatic heterocycles. The summed E-state index contributed by atoms with van der Waals surface area (Å²) in [5, 5.41) is 3.11. The summed E-state index contributed by atoms with van der Waals surface area (Å²) >= 11 is 5.80. The van der Waals surface area contributed by atoms with E-state index in [-0.39, 0.29) is 30.7 Å². The van der Waals surface area contributed by atoms with E-state index in [1.54, 1.807) is 36.4 Å². The monoisotopic (exact) mass is 343 g/mol. The molecule has 0 bridgehead atoms. The number of halogens is 1. The number of anilines is 2. The summed E-state index contributed by atoms with van der Waals surface area (Å²) in [6.07, 6.45) is -0.0203. The molecule has 0 spiro atoms. The molecule has 1 heterocycles. The number of benzene rings is 2. The molecule has 122 valence electrons. The summed E-state index contributed by atoms with van der Waals surface area (Å²) in [4.78, 5) is 37.5. The van der Waals surface area contributed by atoms with Crippen molar-refractivity contribution in [3.8, 4) is 0 Å². The number of rotatable bonds is 4. The van der Waals surface area contributed by atoms with Gasteiger partial charge in [-0.15, -0.1) is 0 Å². The number of amides is 3. The Hall–Kier alpha value is -2.86. The Labute approximate surface area is 143 Å². The van der Waals surface area contributed by atoms with Crippen LogP contribution in [0.25, 0.3) is 0 Å². The molecule has 1 aliphatic heterocycles. The lowest BCUT2D eigenvalue weighted by molar-refractivity contribution is -0.116. The van der Waals surface area contributed by atoms with E-state index < -0.39 is 0 Å². The summed E-state index contributed by atoms with van der Waals surface area (Å²) < 4.78 is 0. The number of nitrogens with two attached hydrogens (primary N) is 1. The second-order valence-electron chi connectivity index (χ2n) is 5.34. The van der Waals surface area contributed by atoms with E-state index in [0.717, 1.165) is 4.90 Å².